The highest BCUT2D eigenvalue weighted by Gasteiger charge is 2.17. The zero-order chi connectivity index (χ0) is 10.1. The largest absolute Gasteiger partial charge is 0.477 e. The molecule has 0 aliphatic rings. The van der Waals surface area contributed by atoms with Crippen LogP contribution in [0.2, 0.25) is 0 Å². The predicted molar refractivity (Wildman–Crippen MR) is 45.5 cm³/mol. The third-order valence-electron chi connectivity index (χ3n) is 1.29. The Morgan fingerprint density at radius 1 is 1.62 bits per heavy atom. The molecule has 13 heavy (non-hydrogen) atoms. The van der Waals surface area contributed by atoms with E-state index in [2.05, 4.69) is 4.18 Å². The number of aromatic carboxylic acids is 1. The lowest BCUT2D eigenvalue weighted by molar-refractivity contribution is 0.0702. The minimum atomic E-state index is -3.76. The molecule has 0 fully saturated rings. The molecular weight excluding hydrogens is 216 g/mol. The van der Waals surface area contributed by atoms with Gasteiger partial charge in [0.15, 0.2) is 0 Å². The Hall–Kier alpha value is -0.920. The van der Waals surface area contributed by atoms with E-state index >= 15 is 0 Å². The Balaban J connectivity index is 3.13. The minimum absolute atomic E-state index is 0.0318. The van der Waals surface area contributed by atoms with E-state index in [1.54, 1.807) is 0 Å². The van der Waals surface area contributed by atoms with E-state index in [0.29, 0.717) is 0 Å². The molecule has 1 heterocycles. The third-order valence-corrected chi connectivity index (χ3v) is 3.61. The third kappa shape index (κ3) is 2.06. The molecule has 0 atom stereocenters. The van der Waals surface area contributed by atoms with Crippen LogP contribution < -0.4 is 0 Å². The molecule has 0 aromatic carbocycles. The van der Waals surface area contributed by atoms with Gasteiger partial charge in [-0.05, 0) is 6.07 Å². The monoisotopic (exact) mass is 222 g/mol. The summed E-state index contributed by atoms with van der Waals surface area (Å²) in [5.74, 6) is -1.15. The van der Waals surface area contributed by atoms with Crippen molar-refractivity contribution in [3.63, 3.8) is 0 Å². The van der Waals surface area contributed by atoms with E-state index in [9.17, 15) is 13.2 Å². The SMILES string of the molecule is COS(=O)(=O)c1csc(C(=O)O)c1. The molecule has 0 spiro atoms. The van der Waals surface area contributed by atoms with Crippen LogP contribution in [-0.2, 0) is 14.3 Å². The Morgan fingerprint density at radius 3 is 2.62 bits per heavy atom. The number of carbonyl (C=O) groups is 1. The van der Waals surface area contributed by atoms with Crippen molar-refractivity contribution in [2.75, 3.05) is 7.11 Å². The summed E-state index contributed by atoms with van der Waals surface area (Å²) in [5, 5.41) is 9.74. The van der Waals surface area contributed by atoms with Gasteiger partial charge in [-0.2, -0.15) is 8.42 Å². The van der Waals surface area contributed by atoms with E-state index < -0.39 is 16.1 Å². The zero-order valence-electron chi connectivity index (χ0n) is 6.55. The molecule has 0 aliphatic heterocycles. The lowest BCUT2D eigenvalue weighted by atomic mass is 10.5. The molecule has 0 aliphatic carbocycles. The van der Waals surface area contributed by atoms with Crippen molar-refractivity contribution >= 4 is 27.4 Å². The molecule has 0 radical (unpaired) electrons. The molecule has 7 heteroatoms. The summed E-state index contributed by atoms with van der Waals surface area (Å²) in [6.45, 7) is 0. The van der Waals surface area contributed by atoms with Gasteiger partial charge in [0.25, 0.3) is 10.1 Å². The normalized spacial score (nSPS) is 11.5. The summed E-state index contributed by atoms with van der Waals surface area (Å²) >= 11 is 0.841. The van der Waals surface area contributed by atoms with E-state index in [1.165, 1.54) is 5.38 Å². The van der Waals surface area contributed by atoms with Crippen LogP contribution in [0.25, 0.3) is 0 Å². The highest BCUT2D eigenvalue weighted by atomic mass is 32.2. The summed E-state index contributed by atoms with van der Waals surface area (Å²) in [6.07, 6.45) is 0. The lowest BCUT2D eigenvalue weighted by Crippen LogP contribution is -2.01. The van der Waals surface area contributed by atoms with Gasteiger partial charge in [0.2, 0.25) is 0 Å². The van der Waals surface area contributed by atoms with E-state index in [0.717, 1.165) is 24.5 Å². The minimum Gasteiger partial charge on any atom is -0.477 e. The average Bonchev–Trinajstić information content (AvgIpc) is 2.52. The molecule has 1 rings (SSSR count). The Bertz CT molecular complexity index is 416. The molecule has 0 unspecified atom stereocenters. The summed E-state index contributed by atoms with van der Waals surface area (Å²) in [4.78, 5) is 10.2. The van der Waals surface area contributed by atoms with Crippen LogP contribution in [0.5, 0.6) is 0 Å². The summed E-state index contributed by atoms with van der Waals surface area (Å²) in [5.41, 5.74) is 0. The molecule has 5 nitrogen and oxygen atoms in total. The van der Waals surface area contributed by atoms with Crippen molar-refractivity contribution in [2.24, 2.45) is 0 Å². The first-order valence-corrected chi connectivity index (χ1v) is 5.38. The van der Waals surface area contributed by atoms with Crippen LogP contribution in [0.15, 0.2) is 16.3 Å². The Morgan fingerprint density at radius 2 is 2.23 bits per heavy atom. The molecule has 0 saturated carbocycles. The quantitative estimate of drug-likeness (QED) is 0.764. The zero-order valence-corrected chi connectivity index (χ0v) is 8.18. The van der Waals surface area contributed by atoms with Crippen molar-refractivity contribution in [2.45, 2.75) is 4.90 Å². The van der Waals surface area contributed by atoms with Gasteiger partial charge in [-0.15, -0.1) is 11.3 Å². The van der Waals surface area contributed by atoms with Crippen LogP contribution in [0.1, 0.15) is 9.67 Å². The van der Waals surface area contributed by atoms with Crippen LogP contribution in [0.3, 0.4) is 0 Å². The maximum atomic E-state index is 11.0. The van der Waals surface area contributed by atoms with E-state index in [1.807, 2.05) is 0 Å². The second-order valence-corrected chi connectivity index (χ2v) is 4.70. The number of hydrogen-bond donors (Lipinski definition) is 1. The van der Waals surface area contributed by atoms with E-state index in [-0.39, 0.29) is 9.77 Å². The average molecular weight is 222 g/mol. The van der Waals surface area contributed by atoms with Crippen molar-refractivity contribution in [1.82, 2.24) is 0 Å². The molecule has 1 aromatic rings. The van der Waals surface area contributed by atoms with Gasteiger partial charge in [-0.1, -0.05) is 0 Å². The summed E-state index contributed by atoms with van der Waals surface area (Å²) < 4.78 is 26.3. The first-order chi connectivity index (χ1) is 5.97. The maximum Gasteiger partial charge on any atom is 0.345 e. The fraction of sp³-hybridized carbons (Fsp3) is 0.167. The smallest absolute Gasteiger partial charge is 0.345 e. The van der Waals surface area contributed by atoms with Gasteiger partial charge in [0, 0.05) is 5.38 Å². The van der Waals surface area contributed by atoms with E-state index in [4.69, 9.17) is 5.11 Å². The highest BCUT2D eigenvalue weighted by molar-refractivity contribution is 7.86. The number of carboxylic acids is 1. The fourth-order valence-electron chi connectivity index (χ4n) is 0.658. The molecule has 72 valence electrons. The molecule has 1 N–H and O–H groups in total. The topological polar surface area (TPSA) is 80.7 Å². The summed E-state index contributed by atoms with van der Waals surface area (Å²) in [6, 6.07) is 1.06. The number of rotatable bonds is 3. The van der Waals surface area contributed by atoms with Crippen LogP contribution >= 0.6 is 11.3 Å². The van der Waals surface area contributed by atoms with Gasteiger partial charge in [-0.25, -0.2) is 4.79 Å². The Kier molecular flexibility index (Phi) is 2.69. The van der Waals surface area contributed by atoms with Crippen molar-refractivity contribution in [1.29, 1.82) is 0 Å². The van der Waals surface area contributed by atoms with Crippen molar-refractivity contribution in [3.8, 4) is 0 Å². The fourth-order valence-corrected chi connectivity index (χ4v) is 2.41. The second-order valence-electron chi connectivity index (χ2n) is 2.07. The number of hydrogen-bond acceptors (Lipinski definition) is 5. The van der Waals surface area contributed by atoms with Gasteiger partial charge in [-0.3, -0.25) is 4.18 Å². The lowest BCUT2D eigenvalue weighted by Gasteiger charge is -1.94. The number of carboxylic acid groups (broad SMARTS) is 1. The first-order valence-electron chi connectivity index (χ1n) is 3.10. The molecule has 0 amide bonds. The molecule has 0 bridgehead atoms. The first kappa shape index (κ1) is 10.2. The Labute approximate surface area is 78.7 Å². The van der Waals surface area contributed by atoms with Gasteiger partial charge in [0.1, 0.15) is 9.77 Å². The van der Waals surface area contributed by atoms with Gasteiger partial charge >= 0.3 is 5.97 Å². The van der Waals surface area contributed by atoms with Gasteiger partial charge in [0.05, 0.1) is 7.11 Å². The van der Waals surface area contributed by atoms with Crippen LogP contribution in [0, 0.1) is 0 Å². The predicted octanol–water partition coefficient (Wildman–Crippen LogP) is 0.781. The summed E-state index contributed by atoms with van der Waals surface area (Å²) in [7, 11) is -2.74. The highest BCUT2D eigenvalue weighted by Crippen LogP contribution is 2.20. The molecular formula is C6H6O5S2. The number of thiophene rings is 1. The second kappa shape index (κ2) is 3.44. The standard InChI is InChI=1S/C6H6O5S2/c1-11-13(9,10)4-2-5(6(7)8)12-3-4/h2-3H,1H3,(H,7,8). The maximum absolute atomic E-state index is 11.0. The van der Waals surface area contributed by atoms with Crippen LogP contribution in [0.4, 0.5) is 0 Å². The van der Waals surface area contributed by atoms with Crippen molar-refractivity contribution < 1.29 is 22.5 Å². The van der Waals surface area contributed by atoms with Crippen LogP contribution in [-0.4, -0.2) is 26.6 Å². The van der Waals surface area contributed by atoms with Crippen molar-refractivity contribution in [3.05, 3.63) is 16.3 Å². The van der Waals surface area contributed by atoms with Gasteiger partial charge < -0.3 is 5.11 Å². The molecule has 1 aromatic heterocycles. The molecule has 0 saturated heterocycles.